The third kappa shape index (κ3) is 3.16. The maximum absolute atomic E-state index is 12.6. The van der Waals surface area contributed by atoms with E-state index in [9.17, 15) is 4.79 Å². The van der Waals surface area contributed by atoms with Crippen LogP contribution in [-0.4, -0.2) is 60.0 Å². The SMILES string of the molecule is CC1CN(C)CCN1C(=O)c1ncccc1C#CCN. The molecule has 0 spiro atoms. The van der Waals surface area contributed by atoms with E-state index in [0.29, 0.717) is 11.3 Å². The first kappa shape index (κ1) is 14.5. The fourth-order valence-corrected chi connectivity index (χ4v) is 2.40. The molecular weight excluding hydrogens is 252 g/mol. The highest BCUT2D eigenvalue weighted by atomic mass is 16.2. The molecular formula is C15H20N4O. The molecule has 0 aliphatic carbocycles. The molecule has 1 unspecified atom stereocenters. The van der Waals surface area contributed by atoms with Gasteiger partial charge in [-0.15, -0.1) is 0 Å². The summed E-state index contributed by atoms with van der Waals surface area (Å²) in [6, 6.07) is 3.77. The van der Waals surface area contributed by atoms with E-state index in [4.69, 9.17) is 5.73 Å². The minimum absolute atomic E-state index is 0.0486. The van der Waals surface area contributed by atoms with Crippen molar-refractivity contribution < 1.29 is 4.79 Å². The maximum atomic E-state index is 12.6. The third-order valence-corrected chi connectivity index (χ3v) is 3.43. The molecule has 1 saturated heterocycles. The number of likely N-dealkylation sites (N-methyl/N-ethyl adjacent to an activating group) is 1. The average molecular weight is 272 g/mol. The second kappa shape index (κ2) is 6.51. The smallest absolute Gasteiger partial charge is 0.274 e. The highest BCUT2D eigenvalue weighted by Gasteiger charge is 2.28. The van der Waals surface area contributed by atoms with Crippen molar-refractivity contribution in [3.8, 4) is 11.8 Å². The summed E-state index contributed by atoms with van der Waals surface area (Å²) in [5.74, 6) is 5.65. The molecule has 1 aromatic heterocycles. The first-order valence-corrected chi connectivity index (χ1v) is 6.77. The van der Waals surface area contributed by atoms with E-state index < -0.39 is 0 Å². The van der Waals surface area contributed by atoms with E-state index in [1.165, 1.54) is 0 Å². The summed E-state index contributed by atoms with van der Waals surface area (Å²) in [4.78, 5) is 21.0. The van der Waals surface area contributed by atoms with Gasteiger partial charge in [0.2, 0.25) is 0 Å². The van der Waals surface area contributed by atoms with Crippen LogP contribution in [0.15, 0.2) is 18.3 Å². The van der Waals surface area contributed by atoms with Gasteiger partial charge in [0.25, 0.3) is 5.91 Å². The number of piperazine rings is 1. The van der Waals surface area contributed by atoms with Crippen molar-refractivity contribution in [3.05, 3.63) is 29.6 Å². The Hall–Kier alpha value is -1.90. The molecule has 0 aromatic carbocycles. The Morgan fingerprint density at radius 1 is 1.55 bits per heavy atom. The van der Waals surface area contributed by atoms with Gasteiger partial charge in [0.15, 0.2) is 0 Å². The van der Waals surface area contributed by atoms with Gasteiger partial charge in [-0.25, -0.2) is 4.98 Å². The molecule has 5 nitrogen and oxygen atoms in total. The molecule has 0 radical (unpaired) electrons. The van der Waals surface area contributed by atoms with Crippen LogP contribution < -0.4 is 5.73 Å². The summed E-state index contributed by atoms with van der Waals surface area (Å²) in [6.07, 6.45) is 1.63. The summed E-state index contributed by atoms with van der Waals surface area (Å²) < 4.78 is 0. The van der Waals surface area contributed by atoms with Crippen LogP contribution in [0.5, 0.6) is 0 Å². The van der Waals surface area contributed by atoms with Gasteiger partial charge in [-0.1, -0.05) is 11.8 Å². The van der Waals surface area contributed by atoms with Gasteiger partial charge in [-0.05, 0) is 26.1 Å². The van der Waals surface area contributed by atoms with Crippen molar-refractivity contribution in [1.82, 2.24) is 14.8 Å². The Balaban J connectivity index is 2.25. The van der Waals surface area contributed by atoms with Crippen LogP contribution in [0, 0.1) is 11.8 Å². The summed E-state index contributed by atoms with van der Waals surface area (Å²) in [5, 5.41) is 0. The standard InChI is InChI=1S/C15H20N4O/c1-12-11-18(2)9-10-19(12)15(20)14-13(5-3-7-16)6-4-8-17-14/h4,6,8,12H,7,9-11,16H2,1-2H3. The molecule has 1 atom stereocenters. The van der Waals surface area contributed by atoms with Crippen LogP contribution in [-0.2, 0) is 0 Å². The second-order valence-corrected chi connectivity index (χ2v) is 5.02. The Morgan fingerprint density at radius 2 is 2.35 bits per heavy atom. The van der Waals surface area contributed by atoms with Crippen molar-refractivity contribution in [1.29, 1.82) is 0 Å². The van der Waals surface area contributed by atoms with Gasteiger partial charge >= 0.3 is 0 Å². The number of nitrogens with two attached hydrogens (primary N) is 1. The average Bonchev–Trinajstić information content (AvgIpc) is 2.45. The Bertz CT molecular complexity index is 546. The van der Waals surface area contributed by atoms with Crippen LogP contribution in [0.2, 0.25) is 0 Å². The summed E-state index contributed by atoms with van der Waals surface area (Å²) in [5.41, 5.74) is 6.46. The van der Waals surface area contributed by atoms with Gasteiger partial charge in [0, 0.05) is 31.9 Å². The number of nitrogens with zero attached hydrogens (tertiary/aromatic N) is 3. The third-order valence-electron chi connectivity index (χ3n) is 3.43. The molecule has 106 valence electrons. The molecule has 20 heavy (non-hydrogen) atoms. The highest BCUT2D eigenvalue weighted by molar-refractivity contribution is 5.95. The van der Waals surface area contributed by atoms with E-state index in [0.717, 1.165) is 19.6 Å². The molecule has 2 rings (SSSR count). The van der Waals surface area contributed by atoms with Crippen molar-refractivity contribution in [2.24, 2.45) is 5.73 Å². The Labute approximate surface area is 119 Å². The predicted octanol–water partition coefficient (Wildman–Crippen LogP) is 0.168. The van der Waals surface area contributed by atoms with Crippen molar-refractivity contribution in [2.75, 3.05) is 33.2 Å². The topological polar surface area (TPSA) is 62.5 Å². The minimum atomic E-state index is -0.0486. The van der Waals surface area contributed by atoms with Crippen LogP contribution >= 0.6 is 0 Å². The lowest BCUT2D eigenvalue weighted by Crippen LogP contribution is -2.53. The molecule has 1 fully saturated rings. The van der Waals surface area contributed by atoms with Crippen LogP contribution in [0.1, 0.15) is 23.0 Å². The normalized spacial score (nSPS) is 19.4. The lowest BCUT2D eigenvalue weighted by molar-refractivity contribution is 0.0527. The number of pyridine rings is 1. The number of hydrogen-bond donors (Lipinski definition) is 1. The van der Waals surface area contributed by atoms with Gasteiger partial charge in [-0.3, -0.25) is 4.79 Å². The number of carbonyl (C=O) groups is 1. The maximum Gasteiger partial charge on any atom is 0.274 e. The Kier molecular flexibility index (Phi) is 4.72. The summed E-state index contributed by atoms with van der Waals surface area (Å²) in [7, 11) is 2.07. The zero-order valence-corrected chi connectivity index (χ0v) is 12.0. The molecule has 1 aliphatic rings. The molecule has 1 aromatic rings. The largest absolute Gasteiger partial charge is 0.332 e. The minimum Gasteiger partial charge on any atom is -0.332 e. The summed E-state index contributed by atoms with van der Waals surface area (Å²) in [6.45, 7) is 4.81. The number of hydrogen-bond acceptors (Lipinski definition) is 4. The number of amides is 1. The van der Waals surface area contributed by atoms with E-state index in [-0.39, 0.29) is 18.5 Å². The lowest BCUT2D eigenvalue weighted by Gasteiger charge is -2.38. The number of rotatable bonds is 1. The fourth-order valence-electron chi connectivity index (χ4n) is 2.40. The van der Waals surface area contributed by atoms with Crippen molar-refractivity contribution >= 4 is 5.91 Å². The van der Waals surface area contributed by atoms with Gasteiger partial charge in [-0.2, -0.15) is 0 Å². The zero-order valence-electron chi connectivity index (χ0n) is 12.0. The highest BCUT2D eigenvalue weighted by Crippen LogP contribution is 2.14. The molecule has 2 heterocycles. The molecule has 5 heteroatoms. The van der Waals surface area contributed by atoms with Gasteiger partial charge < -0.3 is 15.5 Å². The van der Waals surface area contributed by atoms with Gasteiger partial charge in [0.05, 0.1) is 12.1 Å². The van der Waals surface area contributed by atoms with Crippen LogP contribution in [0.3, 0.4) is 0 Å². The van der Waals surface area contributed by atoms with Gasteiger partial charge in [0.1, 0.15) is 5.69 Å². The number of carbonyl (C=O) groups excluding carboxylic acids is 1. The molecule has 1 amide bonds. The lowest BCUT2D eigenvalue weighted by atomic mass is 10.1. The quantitative estimate of drug-likeness (QED) is 0.740. The molecule has 0 bridgehead atoms. The first-order valence-electron chi connectivity index (χ1n) is 6.77. The Morgan fingerprint density at radius 3 is 3.05 bits per heavy atom. The molecule has 1 aliphatic heterocycles. The van der Waals surface area contributed by atoms with E-state index in [1.807, 2.05) is 11.0 Å². The van der Waals surface area contributed by atoms with Crippen molar-refractivity contribution in [2.45, 2.75) is 13.0 Å². The van der Waals surface area contributed by atoms with Crippen LogP contribution in [0.4, 0.5) is 0 Å². The van der Waals surface area contributed by atoms with E-state index in [2.05, 4.69) is 35.7 Å². The predicted molar refractivity (Wildman–Crippen MR) is 78.2 cm³/mol. The summed E-state index contributed by atoms with van der Waals surface area (Å²) >= 11 is 0. The monoisotopic (exact) mass is 272 g/mol. The van der Waals surface area contributed by atoms with E-state index in [1.54, 1.807) is 12.3 Å². The molecule has 2 N–H and O–H groups in total. The first-order chi connectivity index (χ1) is 9.63. The second-order valence-electron chi connectivity index (χ2n) is 5.02. The fraction of sp³-hybridized carbons (Fsp3) is 0.467. The number of aromatic nitrogens is 1. The van der Waals surface area contributed by atoms with Crippen LogP contribution in [0.25, 0.3) is 0 Å². The zero-order chi connectivity index (χ0) is 14.5. The van der Waals surface area contributed by atoms with E-state index >= 15 is 0 Å². The van der Waals surface area contributed by atoms with Crippen molar-refractivity contribution in [3.63, 3.8) is 0 Å². The molecule has 0 saturated carbocycles.